The number of nitrogens with one attached hydrogen (secondary N) is 1. The van der Waals surface area contributed by atoms with E-state index in [1.165, 1.54) is 17.6 Å². The van der Waals surface area contributed by atoms with Crippen LogP contribution in [0.2, 0.25) is 5.02 Å². The third-order valence-electron chi connectivity index (χ3n) is 3.63. The fourth-order valence-corrected chi connectivity index (χ4v) is 3.13. The molecule has 9 heteroatoms. The normalized spacial score (nSPS) is 10.9. The number of rotatable bonds is 6. The van der Waals surface area contributed by atoms with E-state index in [9.17, 15) is 4.79 Å². The molecule has 4 rings (SSSR count). The fourth-order valence-electron chi connectivity index (χ4n) is 2.35. The molecule has 0 aliphatic heterocycles. The highest BCUT2D eigenvalue weighted by molar-refractivity contribution is 7.13. The number of nitrogens with zero attached hydrogens (tertiary/aromatic N) is 3. The molecule has 0 aliphatic carbocycles. The first-order valence-electron chi connectivity index (χ1n) is 8.01. The number of oxazole rings is 1. The summed E-state index contributed by atoms with van der Waals surface area (Å²) in [6.07, 6.45) is 1.59. The Balaban J connectivity index is 1.32. The van der Waals surface area contributed by atoms with Crippen molar-refractivity contribution in [3.8, 4) is 22.2 Å². The SMILES string of the molecule is O=C(Cc1coc(-c2cccs2)n1)NCc1nc(-c2ccc(Cl)cc2)no1. The number of amides is 1. The molecule has 3 aromatic heterocycles. The lowest BCUT2D eigenvalue weighted by Crippen LogP contribution is -2.24. The van der Waals surface area contributed by atoms with Gasteiger partial charge in [-0.3, -0.25) is 4.79 Å². The lowest BCUT2D eigenvalue weighted by Gasteiger charge is -1.99. The maximum atomic E-state index is 12.1. The fraction of sp³-hybridized carbons (Fsp3) is 0.111. The summed E-state index contributed by atoms with van der Waals surface area (Å²) in [6, 6.07) is 10.9. The van der Waals surface area contributed by atoms with E-state index in [1.54, 1.807) is 24.3 Å². The molecule has 0 atom stereocenters. The molecule has 3 heterocycles. The number of benzene rings is 1. The van der Waals surface area contributed by atoms with Gasteiger partial charge in [-0.05, 0) is 35.7 Å². The Hall–Kier alpha value is -2.97. The second kappa shape index (κ2) is 7.73. The van der Waals surface area contributed by atoms with E-state index in [-0.39, 0.29) is 18.9 Å². The van der Waals surface area contributed by atoms with Gasteiger partial charge in [0.15, 0.2) is 0 Å². The summed E-state index contributed by atoms with van der Waals surface area (Å²) in [4.78, 5) is 21.6. The Labute approximate surface area is 163 Å². The molecule has 0 aliphatic rings. The van der Waals surface area contributed by atoms with Gasteiger partial charge < -0.3 is 14.3 Å². The highest BCUT2D eigenvalue weighted by Crippen LogP contribution is 2.23. The molecule has 0 radical (unpaired) electrons. The Bertz CT molecular complexity index is 1040. The summed E-state index contributed by atoms with van der Waals surface area (Å²) < 4.78 is 10.6. The second-order valence-corrected chi connectivity index (χ2v) is 6.98. The molecule has 0 saturated carbocycles. The van der Waals surface area contributed by atoms with E-state index >= 15 is 0 Å². The van der Waals surface area contributed by atoms with Gasteiger partial charge in [0.1, 0.15) is 6.26 Å². The lowest BCUT2D eigenvalue weighted by atomic mass is 10.2. The van der Waals surface area contributed by atoms with Crippen molar-refractivity contribution in [2.45, 2.75) is 13.0 Å². The average Bonchev–Trinajstić information content (AvgIpc) is 3.42. The van der Waals surface area contributed by atoms with Crippen LogP contribution in [0.5, 0.6) is 0 Å². The molecule has 0 saturated heterocycles. The molecule has 1 amide bonds. The number of halogens is 1. The van der Waals surface area contributed by atoms with E-state index in [0.717, 1.165) is 10.4 Å². The molecule has 136 valence electrons. The van der Waals surface area contributed by atoms with Crippen molar-refractivity contribution in [2.24, 2.45) is 0 Å². The van der Waals surface area contributed by atoms with Crippen molar-refractivity contribution in [2.75, 3.05) is 0 Å². The lowest BCUT2D eigenvalue weighted by molar-refractivity contribution is -0.120. The summed E-state index contributed by atoms with van der Waals surface area (Å²) in [6.45, 7) is 0.134. The molecular formula is C18H13ClN4O3S. The summed E-state index contributed by atoms with van der Waals surface area (Å²) in [5.41, 5.74) is 1.34. The maximum Gasteiger partial charge on any atom is 0.246 e. The van der Waals surface area contributed by atoms with Crippen molar-refractivity contribution in [1.82, 2.24) is 20.4 Å². The Morgan fingerprint density at radius 1 is 1.19 bits per heavy atom. The zero-order valence-corrected chi connectivity index (χ0v) is 15.5. The predicted molar refractivity (Wildman–Crippen MR) is 100 cm³/mol. The summed E-state index contributed by atoms with van der Waals surface area (Å²) in [7, 11) is 0. The van der Waals surface area contributed by atoms with Crippen molar-refractivity contribution in [3.05, 3.63) is 64.6 Å². The average molecular weight is 401 g/mol. The van der Waals surface area contributed by atoms with Crippen LogP contribution >= 0.6 is 22.9 Å². The van der Waals surface area contributed by atoms with Gasteiger partial charge in [-0.25, -0.2) is 4.98 Å². The van der Waals surface area contributed by atoms with Crippen LogP contribution in [0.1, 0.15) is 11.6 Å². The van der Waals surface area contributed by atoms with Crippen LogP contribution in [0.3, 0.4) is 0 Å². The number of carbonyl (C=O) groups excluding carboxylic acids is 1. The molecule has 27 heavy (non-hydrogen) atoms. The molecular weight excluding hydrogens is 388 g/mol. The number of carbonyl (C=O) groups is 1. The first-order chi connectivity index (χ1) is 13.2. The third kappa shape index (κ3) is 4.24. The zero-order valence-electron chi connectivity index (χ0n) is 13.9. The Kier molecular flexibility index (Phi) is 4.99. The van der Waals surface area contributed by atoms with E-state index < -0.39 is 0 Å². The minimum absolute atomic E-state index is 0.104. The van der Waals surface area contributed by atoms with Crippen LogP contribution in [0.4, 0.5) is 0 Å². The Morgan fingerprint density at radius 2 is 2.04 bits per heavy atom. The van der Waals surface area contributed by atoms with E-state index in [0.29, 0.717) is 28.3 Å². The van der Waals surface area contributed by atoms with Gasteiger partial charge in [-0.2, -0.15) is 4.98 Å². The quantitative estimate of drug-likeness (QED) is 0.526. The van der Waals surface area contributed by atoms with Gasteiger partial charge in [0.2, 0.25) is 23.5 Å². The van der Waals surface area contributed by atoms with E-state index in [2.05, 4.69) is 20.4 Å². The molecule has 0 unspecified atom stereocenters. The molecule has 1 N–H and O–H groups in total. The van der Waals surface area contributed by atoms with E-state index in [4.69, 9.17) is 20.5 Å². The molecule has 0 spiro atoms. The minimum Gasteiger partial charge on any atom is -0.444 e. The largest absolute Gasteiger partial charge is 0.444 e. The molecule has 1 aromatic carbocycles. The molecule has 7 nitrogen and oxygen atoms in total. The van der Waals surface area contributed by atoms with Gasteiger partial charge in [-0.15, -0.1) is 11.3 Å². The highest BCUT2D eigenvalue weighted by Gasteiger charge is 2.13. The smallest absolute Gasteiger partial charge is 0.246 e. The number of aromatic nitrogens is 3. The van der Waals surface area contributed by atoms with E-state index in [1.807, 2.05) is 17.5 Å². The van der Waals surface area contributed by atoms with Gasteiger partial charge >= 0.3 is 0 Å². The van der Waals surface area contributed by atoms with Crippen LogP contribution in [0.25, 0.3) is 22.2 Å². The molecule has 4 aromatic rings. The van der Waals surface area contributed by atoms with Crippen molar-refractivity contribution < 1.29 is 13.7 Å². The van der Waals surface area contributed by atoms with Crippen molar-refractivity contribution in [3.63, 3.8) is 0 Å². The van der Waals surface area contributed by atoms with Crippen molar-refractivity contribution >= 4 is 28.8 Å². The molecule has 0 fully saturated rings. The van der Waals surface area contributed by atoms with Gasteiger partial charge in [0.25, 0.3) is 0 Å². The standard InChI is InChI=1S/C18H13ClN4O3S/c19-12-5-3-11(4-6-12)17-22-16(26-23-17)9-20-15(24)8-13-10-25-18(21-13)14-2-1-7-27-14/h1-7,10H,8-9H2,(H,20,24). The maximum absolute atomic E-state index is 12.1. The minimum atomic E-state index is -0.215. The van der Waals surface area contributed by atoms with Crippen LogP contribution in [0, 0.1) is 0 Å². The summed E-state index contributed by atoms with van der Waals surface area (Å²) in [5.74, 6) is 1.05. The van der Waals surface area contributed by atoms with Crippen LogP contribution in [-0.4, -0.2) is 21.0 Å². The molecule has 0 bridgehead atoms. The van der Waals surface area contributed by atoms with Crippen LogP contribution < -0.4 is 5.32 Å². The zero-order chi connectivity index (χ0) is 18.6. The Morgan fingerprint density at radius 3 is 2.81 bits per heavy atom. The van der Waals surface area contributed by atoms with Crippen LogP contribution in [-0.2, 0) is 17.8 Å². The third-order valence-corrected chi connectivity index (χ3v) is 4.74. The number of hydrogen-bond donors (Lipinski definition) is 1. The summed E-state index contributed by atoms with van der Waals surface area (Å²) in [5, 5.41) is 9.20. The monoisotopic (exact) mass is 400 g/mol. The summed E-state index contributed by atoms with van der Waals surface area (Å²) >= 11 is 7.39. The second-order valence-electron chi connectivity index (χ2n) is 5.59. The predicted octanol–water partition coefficient (Wildman–Crippen LogP) is 3.97. The van der Waals surface area contributed by atoms with Gasteiger partial charge in [0, 0.05) is 10.6 Å². The van der Waals surface area contributed by atoms with Gasteiger partial charge in [0.05, 0.1) is 23.5 Å². The number of thiophene rings is 1. The number of hydrogen-bond acceptors (Lipinski definition) is 7. The first kappa shape index (κ1) is 17.4. The van der Waals surface area contributed by atoms with Crippen molar-refractivity contribution in [1.29, 1.82) is 0 Å². The highest BCUT2D eigenvalue weighted by atomic mass is 35.5. The van der Waals surface area contributed by atoms with Crippen LogP contribution in [0.15, 0.2) is 57.0 Å². The topological polar surface area (TPSA) is 94.1 Å². The first-order valence-corrected chi connectivity index (χ1v) is 9.26. The van der Waals surface area contributed by atoms with Gasteiger partial charge in [-0.1, -0.05) is 22.8 Å².